The largest absolute Gasteiger partial charge is 0.445 e. The first-order valence-electron chi connectivity index (χ1n) is 7.44. The third kappa shape index (κ3) is 5.11. The van der Waals surface area contributed by atoms with Crippen molar-refractivity contribution in [3.63, 3.8) is 0 Å². The highest BCUT2D eigenvalue weighted by Gasteiger charge is 2.26. The fraction of sp³-hybridized carbons (Fsp3) is 0.533. The van der Waals surface area contributed by atoms with Gasteiger partial charge in [-0.05, 0) is 31.0 Å². The topological polar surface area (TPSA) is 81.9 Å². The average molecular weight is 340 g/mol. The molecule has 0 bridgehead atoms. The van der Waals surface area contributed by atoms with Crippen LogP contribution in [0.3, 0.4) is 0 Å². The third-order valence-electron chi connectivity index (χ3n) is 3.63. The molecule has 1 saturated heterocycles. The standard InChI is InChI=1S/C15H20N2O5S/c1-2-16(8-13-7-14(23)10-21-13)15(18)22-9-11-3-5-12(6-4-11)17(19)20/h3-6,13-14,23H,2,7-10H2,1H3/t13-,14-/m1/s1. The number of hydrogen-bond acceptors (Lipinski definition) is 6. The summed E-state index contributed by atoms with van der Waals surface area (Å²) in [4.78, 5) is 23.8. The van der Waals surface area contributed by atoms with Gasteiger partial charge >= 0.3 is 6.09 Å². The van der Waals surface area contributed by atoms with Crippen LogP contribution in [0.2, 0.25) is 0 Å². The van der Waals surface area contributed by atoms with Crippen molar-refractivity contribution in [3.8, 4) is 0 Å². The number of carbonyl (C=O) groups is 1. The fourth-order valence-electron chi connectivity index (χ4n) is 2.34. The number of amides is 1. The van der Waals surface area contributed by atoms with E-state index in [1.807, 2.05) is 6.92 Å². The van der Waals surface area contributed by atoms with E-state index in [2.05, 4.69) is 12.6 Å². The van der Waals surface area contributed by atoms with Gasteiger partial charge < -0.3 is 14.4 Å². The second-order valence-corrected chi connectivity index (χ2v) is 6.09. The number of non-ortho nitro benzene ring substituents is 1. The van der Waals surface area contributed by atoms with E-state index in [1.165, 1.54) is 12.1 Å². The van der Waals surface area contributed by atoms with Crippen LogP contribution >= 0.6 is 12.6 Å². The average Bonchev–Trinajstić information content (AvgIpc) is 2.95. The van der Waals surface area contributed by atoms with E-state index in [9.17, 15) is 14.9 Å². The number of carbonyl (C=O) groups excluding carboxylic acids is 1. The lowest BCUT2D eigenvalue weighted by Gasteiger charge is -2.23. The Bertz CT molecular complexity index is 551. The van der Waals surface area contributed by atoms with Gasteiger partial charge in [0.1, 0.15) is 6.61 Å². The number of likely N-dealkylation sites (N-methyl/N-ethyl adjacent to an activating group) is 1. The van der Waals surface area contributed by atoms with E-state index in [0.717, 1.165) is 6.42 Å². The maximum absolute atomic E-state index is 12.1. The molecular weight excluding hydrogens is 320 g/mol. The Morgan fingerprint density at radius 1 is 1.48 bits per heavy atom. The second kappa shape index (κ2) is 8.16. The molecule has 1 aliphatic rings. The lowest BCUT2D eigenvalue weighted by Crippen LogP contribution is -2.37. The Balaban J connectivity index is 1.83. The van der Waals surface area contributed by atoms with Crippen LogP contribution in [0, 0.1) is 10.1 Å². The molecule has 2 atom stereocenters. The first kappa shape index (κ1) is 17.6. The van der Waals surface area contributed by atoms with Gasteiger partial charge in [-0.25, -0.2) is 4.79 Å². The minimum atomic E-state index is -0.467. The van der Waals surface area contributed by atoms with E-state index < -0.39 is 11.0 Å². The van der Waals surface area contributed by atoms with Crippen LogP contribution in [0.15, 0.2) is 24.3 Å². The number of nitrogens with zero attached hydrogens (tertiary/aromatic N) is 2. The number of ether oxygens (including phenoxy) is 2. The van der Waals surface area contributed by atoms with Crippen molar-refractivity contribution in [2.75, 3.05) is 19.7 Å². The van der Waals surface area contributed by atoms with Crippen LogP contribution in [-0.4, -0.2) is 47.0 Å². The van der Waals surface area contributed by atoms with Crippen LogP contribution in [0.25, 0.3) is 0 Å². The van der Waals surface area contributed by atoms with Gasteiger partial charge in [0.15, 0.2) is 0 Å². The van der Waals surface area contributed by atoms with E-state index in [-0.39, 0.29) is 23.6 Å². The zero-order valence-corrected chi connectivity index (χ0v) is 13.8. The molecule has 1 aromatic carbocycles. The molecule has 0 saturated carbocycles. The predicted octanol–water partition coefficient (Wildman–Crippen LogP) is 2.64. The normalized spacial score (nSPS) is 20.3. The van der Waals surface area contributed by atoms with Crippen molar-refractivity contribution < 1.29 is 19.2 Å². The van der Waals surface area contributed by atoms with Crippen LogP contribution in [0.1, 0.15) is 18.9 Å². The Morgan fingerprint density at radius 2 is 2.17 bits per heavy atom. The summed E-state index contributed by atoms with van der Waals surface area (Å²) in [7, 11) is 0. The van der Waals surface area contributed by atoms with Gasteiger partial charge in [0.25, 0.3) is 5.69 Å². The molecule has 1 aromatic rings. The van der Waals surface area contributed by atoms with Crippen molar-refractivity contribution in [2.45, 2.75) is 31.3 Å². The summed E-state index contributed by atoms with van der Waals surface area (Å²) in [5.74, 6) is 0. The Morgan fingerprint density at radius 3 is 2.70 bits per heavy atom. The summed E-state index contributed by atoms with van der Waals surface area (Å²) in [6, 6.07) is 5.93. The number of nitro benzene ring substituents is 1. The van der Waals surface area contributed by atoms with Gasteiger partial charge in [-0.15, -0.1) is 0 Å². The third-order valence-corrected chi connectivity index (χ3v) is 3.99. The van der Waals surface area contributed by atoms with Gasteiger partial charge in [-0.1, -0.05) is 0 Å². The molecule has 126 valence electrons. The maximum Gasteiger partial charge on any atom is 0.410 e. The van der Waals surface area contributed by atoms with Crippen molar-refractivity contribution in [1.82, 2.24) is 4.90 Å². The minimum absolute atomic E-state index is 0.00922. The highest BCUT2D eigenvalue weighted by atomic mass is 32.1. The van der Waals surface area contributed by atoms with Gasteiger partial charge in [-0.3, -0.25) is 10.1 Å². The van der Waals surface area contributed by atoms with Crippen molar-refractivity contribution in [1.29, 1.82) is 0 Å². The van der Waals surface area contributed by atoms with E-state index in [0.29, 0.717) is 25.3 Å². The number of benzene rings is 1. The SMILES string of the molecule is CCN(C[C@H]1C[C@@H](S)CO1)C(=O)OCc1ccc([N+](=O)[O-])cc1. The first-order valence-corrected chi connectivity index (χ1v) is 7.96. The lowest BCUT2D eigenvalue weighted by molar-refractivity contribution is -0.384. The van der Waals surface area contributed by atoms with Crippen LogP contribution < -0.4 is 0 Å². The number of rotatable bonds is 6. The van der Waals surface area contributed by atoms with Crippen molar-refractivity contribution in [2.24, 2.45) is 0 Å². The monoisotopic (exact) mass is 340 g/mol. The van der Waals surface area contributed by atoms with Crippen LogP contribution in [0.5, 0.6) is 0 Å². The number of thiol groups is 1. The molecule has 0 spiro atoms. The Kier molecular flexibility index (Phi) is 6.23. The predicted molar refractivity (Wildman–Crippen MR) is 87.7 cm³/mol. The molecule has 23 heavy (non-hydrogen) atoms. The number of nitro groups is 1. The zero-order chi connectivity index (χ0) is 16.8. The summed E-state index contributed by atoms with van der Waals surface area (Å²) in [5.41, 5.74) is 0.711. The molecule has 0 radical (unpaired) electrons. The van der Waals surface area contributed by atoms with E-state index in [1.54, 1.807) is 17.0 Å². The second-order valence-electron chi connectivity index (χ2n) is 5.36. The molecule has 0 unspecified atom stereocenters. The maximum atomic E-state index is 12.1. The molecule has 8 heteroatoms. The molecule has 0 N–H and O–H groups in total. The Hall–Kier alpha value is -1.80. The van der Waals surface area contributed by atoms with Gasteiger partial charge in [0, 0.05) is 23.9 Å². The summed E-state index contributed by atoms with van der Waals surface area (Å²) in [5, 5.41) is 10.8. The van der Waals surface area contributed by atoms with E-state index >= 15 is 0 Å². The van der Waals surface area contributed by atoms with Gasteiger partial charge in [-0.2, -0.15) is 12.6 Å². The van der Waals surface area contributed by atoms with Crippen LogP contribution in [-0.2, 0) is 16.1 Å². The molecule has 1 fully saturated rings. The van der Waals surface area contributed by atoms with E-state index in [4.69, 9.17) is 9.47 Å². The van der Waals surface area contributed by atoms with Gasteiger partial charge in [0.05, 0.1) is 24.2 Å². The highest BCUT2D eigenvalue weighted by molar-refractivity contribution is 7.81. The quantitative estimate of drug-likeness (QED) is 0.489. The summed E-state index contributed by atoms with van der Waals surface area (Å²) >= 11 is 4.36. The lowest BCUT2D eigenvalue weighted by atomic mass is 10.2. The summed E-state index contributed by atoms with van der Waals surface area (Å²) < 4.78 is 10.8. The highest BCUT2D eigenvalue weighted by Crippen LogP contribution is 2.19. The molecule has 1 amide bonds. The zero-order valence-electron chi connectivity index (χ0n) is 12.9. The van der Waals surface area contributed by atoms with Crippen LogP contribution in [0.4, 0.5) is 10.5 Å². The van der Waals surface area contributed by atoms with Crippen molar-refractivity contribution in [3.05, 3.63) is 39.9 Å². The first-order chi connectivity index (χ1) is 11.0. The smallest absolute Gasteiger partial charge is 0.410 e. The molecule has 2 rings (SSSR count). The van der Waals surface area contributed by atoms with Crippen molar-refractivity contribution >= 4 is 24.4 Å². The minimum Gasteiger partial charge on any atom is -0.445 e. The number of hydrogen-bond donors (Lipinski definition) is 1. The molecular formula is C15H20N2O5S. The Labute approximate surface area is 140 Å². The summed E-state index contributed by atoms with van der Waals surface area (Å²) in [6.07, 6.45) is 0.386. The molecule has 0 aromatic heterocycles. The molecule has 7 nitrogen and oxygen atoms in total. The molecule has 1 aliphatic heterocycles. The molecule has 1 heterocycles. The summed E-state index contributed by atoms with van der Waals surface area (Å²) in [6.45, 7) is 3.56. The van der Waals surface area contributed by atoms with Gasteiger partial charge in [0.2, 0.25) is 0 Å². The fourth-order valence-corrected chi connectivity index (χ4v) is 2.66. The molecule has 0 aliphatic carbocycles.